The molecule has 2 heterocycles. The minimum atomic E-state index is 0.161. The molecular weight excluding hydrogens is 292 g/mol. The van der Waals surface area contributed by atoms with Crippen LogP contribution in [0.5, 0.6) is 0 Å². The number of hydrogen-bond acceptors (Lipinski definition) is 5. The fourth-order valence-corrected chi connectivity index (χ4v) is 2.48. The van der Waals surface area contributed by atoms with Gasteiger partial charge in [-0.15, -0.1) is 0 Å². The first-order valence-corrected chi connectivity index (χ1v) is 7.94. The molecule has 0 saturated heterocycles. The molecule has 2 aromatic heterocycles. The van der Waals surface area contributed by atoms with Gasteiger partial charge in [0, 0.05) is 30.8 Å². The van der Waals surface area contributed by atoms with Gasteiger partial charge in [-0.25, -0.2) is 14.6 Å². The number of nitrogens with one attached hydrogen (secondary N) is 2. The van der Waals surface area contributed by atoms with Gasteiger partial charge in [0.1, 0.15) is 11.6 Å². The molecule has 0 bridgehead atoms. The Labute approximate surface area is 135 Å². The van der Waals surface area contributed by atoms with E-state index < -0.39 is 0 Å². The van der Waals surface area contributed by atoms with E-state index in [0.29, 0.717) is 18.9 Å². The number of nitrogens with zero attached hydrogens (tertiary/aromatic N) is 4. The van der Waals surface area contributed by atoms with Crippen LogP contribution in [0.2, 0.25) is 0 Å². The first kappa shape index (κ1) is 15.5. The topological polar surface area (TPSA) is 84.7 Å². The van der Waals surface area contributed by atoms with Gasteiger partial charge in [-0.05, 0) is 39.7 Å². The molecule has 122 valence electrons. The summed E-state index contributed by atoms with van der Waals surface area (Å²) in [6, 6.07) is 3.88. The van der Waals surface area contributed by atoms with E-state index >= 15 is 0 Å². The zero-order valence-electron chi connectivity index (χ0n) is 13.8. The highest BCUT2D eigenvalue weighted by Crippen LogP contribution is 2.28. The average Bonchev–Trinajstić information content (AvgIpc) is 3.28. The van der Waals surface area contributed by atoms with E-state index in [1.165, 1.54) is 0 Å². The number of carbonyl (C=O) groups is 1. The maximum Gasteiger partial charge on any atom is 0.223 e. The van der Waals surface area contributed by atoms with Crippen LogP contribution in [-0.4, -0.2) is 38.7 Å². The van der Waals surface area contributed by atoms with Gasteiger partial charge in [-0.1, -0.05) is 0 Å². The highest BCUT2D eigenvalue weighted by molar-refractivity contribution is 5.80. The van der Waals surface area contributed by atoms with Crippen LogP contribution >= 0.6 is 0 Å². The van der Waals surface area contributed by atoms with Crippen molar-refractivity contribution in [2.45, 2.75) is 33.6 Å². The Hall–Kier alpha value is -2.44. The molecule has 3 rings (SSSR count). The second-order valence-electron chi connectivity index (χ2n) is 5.99. The molecule has 23 heavy (non-hydrogen) atoms. The lowest BCUT2D eigenvalue weighted by Crippen LogP contribution is -2.30. The molecule has 0 unspecified atom stereocenters. The molecule has 1 fully saturated rings. The first-order chi connectivity index (χ1) is 11.0. The molecule has 0 aromatic carbocycles. The number of hydrogen-bond donors (Lipinski definition) is 2. The van der Waals surface area contributed by atoms with Gasteiger partial charge in [-0.3, -0.25) is 4.79 Å². The van der Waals surface area contributed by atoms with Crippen LogP contribution in [0.4, 0.5) is 5.82 Å². The fraction of sp³-hybridized carbons (Fsp3) is 0.500. The van der Waals surface area contributed by atoms with Crippen LogP contribution in [0.3, 0.4) is 0 Å². The summed E-state index contributed by atoms with van der Waals surface area (Å²) in [5.41, 5.74) is 1.99. The molecule has 1 amide bonds. The predicted molar refractivity (Wildman–Crippen MR) is 87.6 cm³/mol. The van der Waals surface area contributed by atoms with E-state index in [9.17, 15) is 4.79 Å². The lowest BCUT2D eigenvalue weighted by molar-refractivity contribution is -0.122. The quantitative estimate of drug-likeness (QED) is 0.790. The van der Waals surface area contributed by atoms with Crippen molar-refractivity contribution in [3.8, 4) is 5.82 Å². The van der Waals surface area contributed by atoms with Crippen molar-refractivity contribution in [1.82, 2.24) is 25.1 Å². The number of anilines is 1. The summed E-state index contributed by atoms with van der Waals surface area (Å²) in [4.78, 5) is 20.4. The summed E-state index contributed by atoms with van der Waals surface area (Å²) in [5.74, 6) is 2.57. The maximum atomic E-state index is 11.6. The molecule has 7 heteroatoms. The highest BCUT2D eigenvalue weighted by atomic mass is 16.2. The van der Waals surface area contributed by atoms with E-state index in [0.717, 1.165) is 35.9 Å². The van der Waals surface area contributed by atoms with E-state index in [4.69, 9.17) is 0 Å². The molecule has 0 aliphatic heterocycles. The Kier molecular flexibility index (Phi) is 4.27. The van der Waals surface area contributed by atoms with E-state index in [2.05, 4.69) is 25.7 Å². The highest BCUT2D eigenvalue weighted by Gasteiger charge is 2.28. The summed E-state index contributed by atoms with van der Waals surface area (Å²) in [6.07, 6.45) is 2.05. The number of amides is 1. The van der Waals surface area contributed by atoms with E-state index in [1.807, 2.05) is 37.6 Å². The molecule has 1 aliphatic rings. The average molecular weight is 314 g/mol. The third kappa shape index (κ3) is 3.85. The Morgan fingerprint density at radius 3 is 2.65 bits per heavy atom. The number of aromatic nitrogens is 4. The lowest BCUT2D eigenvalue weighted by atomic mass is 10.4. The second-order valence-corrected chi connectivity index (χ2v) is 5.99. The largest absolute Gasteiger partial charge is 0.368 e. The van der Waals surface area contributed by atoms with Gasteiger partial charge in [0.2, 0.25) is 5.91 Å². The summed E-state index contributed by atoms with van der Waals surface area (Å²) in [6.45, 7) is 7.03. The Morgan fingerprint density at radius 1 is 1.22 bits per heavy atom. The third-order valence-electron chi connectivity index (χ3n) is 3.73. The SMILES string of the molecule is Cc1cc(C)n(-c2cc(NCCNC(=O)C3CC3)nc(C)n2)n1. The molecule has 2 aromatic rings. The van der Waals surface area contributed by atoms with Gasteiger partial charge < -0.3 is 10.6 Å². The van der Waals surface area contributed by atoms with Crippen LogP contribution in [0.25, 0.3) is 5.82 Å². The molecule has 2 N–H and O–H groups in total. The fourth-order valence-electron chi connectivity index (χ4n) is 2.48. The standard InChI is InChI=1S/C16H22N6O/c1-10-8-11(2)22(21-10)15-9-14(19-12(3)20-15)17-6-7-18-16(23)13-4-5-13/h8-9,13H,4-7H2,1-3H3,(H,18,23)(H,17,19,20). The molecular formula is C16H22N6O. The van der Waals surface area contributed by atoms with Gasteiger partial charge in [0.05, 0.1) is 5.69 Å². The summed E-state index contributed by atoms with van der Waals surface area (Å²) < 4.78 is 1.81. The Balaban J connectivity index is 1.63. The number of aryl methyl sites for hydroxylation is 3. The van der Waals surface area contributed by atoms with Gasteiger partial charge in [0.25, 0.3) is 0 Å². The zero-order valence-corrected chi connectivity index (χ0v) is 13.8. The van der Waals surface area contributed by atoms with E-state index in [1.54, 1.807) is 0 Å². The molecule has 1 saturated carbocycles. The summed E-state index contributed by atoms with van der Waals surface area (Å²) >= 11 is 0. The first-order valence-electron chi connectivity index (χ1n) is 7.94. The normalized spacial score (nSPS) is 13.9. The van der Waals surface area contributed by atoms with Gasteiger partial charge in [-0.2, -0.15) is 5.10 Å². The molecule has 1 aliphatic carbocycles. The van der Waals surface area contributed by atoms with Crippen LogP contribution in [0.1, 0.15) is 30.1 Å². The number of rotatable bonds is 6. The Bertz CT molecular complexity index is 719. The van der Waals surface area contributed by atoms with Crippen molar-refractivity contribution in [2.24, 2.45) is 5.92 Å². The van der Waals surface area contributed by atoms with Crippen LogP contribution in [0.15, 0.2) is 12.1 Å². The smallest absolute Gasteiger partial charge is 0.223 e. The van der Waals surface area contributed by atoms with Crippen LogP contribution in [0, 0.1) is 26.7 Å². The zero-order chi connectivity index (χ0) is 16.4. The second kappa shape index (κ2) is 6.36. The molecule has 0 radical (unpaired) electrons. The van der Waals surface area contributed by atoms with Crippen molar-refractivity contribution in [3.05, 3.63) is 29.3 Å². The molecule has 0 spiro atoms. The van der Waals surface area contributed by atoms with Gasteiger partial charge >= 0.3 is 0 Å². The minimum absolute atomic E-state index is 0.161. The molecule has 0 atom stereocenters. The van der Waals surface area contributed by atoms with Crippen molar-refractivity contribution in [2.75, 3.05) is 18.4 Å². The predicted octanol–water partition coefficient (Wildman–Crippen LogP) is 1.53. The lowest BCUT2D eigenvalue weighted by Gasteiger charge is -2.10. The van der Waals surface area contributed by atoms with Crippen molar-refractivity contribution >= 4 is 11.7 Å². The monoisotopic (exact) mass is 314 g/mol. The van der Waals surface area contributed by atoms with Crippen LogP contribution in [-0.2, 0) is 4.79 Å². The number of carbonyl (C=O) groups excluding carboxylic acids is 1. The molecule has 7 nitrogen and oxygen atoms in total. The maximum absolute atomic E-state index is 11.6. The Morgan fingerprint density at radius 2 is 2.00 bits per heavy atom. The van der Waals surface area contributed by atoms with Crippen molar-refractivity contribution in [1.29, 1.82) is 0 Å². The third-order valence-corrected chi connectivity index (χ3v) is 3.73. The minimum Gasteiger partial charge on any atom is -0.368 e. The van der Waals surface area contributed by atoms with Crippen molar-refractivity contribution in [3.63, 3.8) is 0 Å². The van der Waals surface area contributed by atoms with Crippen molar-refractivity contribution < 1.29 is 4.79 Å². The van der Waals surface area contributed by atoms with Crippen LogP contribution < -0.4 is 10.6 Å². The van der Waals surface area contributed by atoms with Gasteiger partial charge in [0.15, 0.2) is 5.82 Å². The summed E-state index contributed by atoms with van der Waals surface area (Å²) in [5, 5.41) is 10.6. The summed E-state index contributed by atoms with van der Waals surface area (Å²) in [7, 11) is 0. The van der Waals surface area contributed by atoms with E-state index in [-0.39, 0.29) is 11.8 Å².